The van der Waals surface area contributed by atoms with Gasteiger partial charge in [0.1, 0.15) is 5.82 Å². The average Bonchev–Trinajstić information content (AvgIpc) is 3.17. The number of aromatic nitrogens is 4. The zero-order valence-electron chi connectivity index (χ0n) is 13.3. The van der Waals surface area contributed by atoms with Gasteiger partial charge in [-0.25, -0.2) is 19.4 Å². The van der Waals surface area contributed by atoms with Crippen LogP contribution in [0.2, 0.25) is 0 Å². The van der Waals surface area contributed by atoms with Crippen LogP contribution >= 0.6 is 11.3 Å². The molecular weight excluding hydrogens is 324 g/mol. The third kappa shape index (κ3) is 2.84. The number of thiazole rings is 1. The highest BCUT2D eigenvalue weighted by molar-refractivity contribution is 7.22. The van der Waals surface area contributed by atoms with E-state index in [0.717, 1.165) is 47.7 Å². The van der Waals surface area contributed by atoms with E-state index < -0.39 is 0 Å². The van der Waals surface area contributed by atoms with Crippen molar-refractivity contribution in [3.8, 4) is 0 Å². The number of nitrogens with one attached hydrogen (secondary N) is 2. The summed E-state index contributed by atoms with van der Waals surface area (Å²) in [6.07, 6.45) is 2.64. The highest BCUT2D eigenvalue weighted by Gasteiger charge is 2.25. The number of nitrogens with zero attached hydrogens (tertiary/aromatic N) is 4. The molecule has 1 aliphatic rings. The number of benzene rings is 1. The summed E-state index contributed by atoms with van der Waals surface area (Å²) in [5, 5.41) is 10.9. The van der Waals surface area contributed by atoms with Crippen LogP contribution in [0.4, 0.5) is 9.93 Å². The van der Waals surface area contributed by atoms with Gasteiger partial charge in [0.2, 0.25) is 0 Å². The lowest BCUT2D eigenvalue weighted by Gasteiger charge is -2.22. The molecular formula is C16H18N6OS. The predicted octanol–water partition coefficient (Wildman–Crippen LogP) is 3.11. The molecule has 8 heteroatoms. The lowest BCUT2D eigenvalue weighted by Crippen LogP contribution is -2.36. The zero-order chi connectivity index (χ0) is 16.5. The molecule has 2 aromatic heterocycles. The lowest BCUT2D eigenvalue weighted by molar-refractivity contribution is 0.244. The molecule has 4 rings (SSSR count). The van der Waals surface area contributed by atoms with Crippen molar-refractivity contribution >= 4 is 32.7 Å². The monoisotopic (exact) mass is 342 g/mol. The molecule has 0 aliphatic carbocycles. The van der Waals surface area contributed by atoms with Crippen LogP contribution in [0.5, 0.6) is 0 Å². The van der Waals surface area contributed by atoms with Crippen molar-refractivity contribution in [2.24, 2.45) is 0 Å². The van der Waals surface area contributed by atoms with Crippen LogP contribution in [-0.2, 0) is 13.0 Å². The number of urea groups is 1. The summed E-state index contributed by atoms with van der Waals surface area (Å²) in [5.74, 6) is 1.67. The van der Waals surface area contributed by atoms with Gasteiger partial charge in [-0.15, -0.1) is 0 Å². The molecule has 7 nitrogen and oxygen atoms in total. The molecule has 3 aromatic rings. The van der Waals surface area contributed by atoms with Crippen molar-refractivity contribution in [1.82, 2.24) is 25.1 Å². The predicted molar refractivity (Wildman–Crippen MR) is 93.1 cm³/mol. The summed E-state index contributed by atoms with van der Waals surface area (Å²) in [6, 6.07) is 7.46. The summed E-state index contributed by atoms with van der Waals surface area (Å²) in [4.78, 5) is 21.3. The summed E-state index contributed by atoms with van der Waals surface area (Å²) in [6.45, 7) is 2.89. The Hall–Kier alpha value is -2.48. The third-order valence-electron chi connectivity index (χ3n) is 4.05. The Morgan fingerprint density at radius 2 is 2.25 bits per heavy atom. The number of rotatable bonds is 3. The van der Waals surface area contributed by atoms with Gasteiger partial charge in [-0.05, 0) is 25.0 Å². The van der Waals surface area contributed by atoms with Crippen LogP contribution in [0.25, 0.3) is 10.2 Å². The Morgan fingerprint density at radius 3 is 3.08 bits per heavy atom. The topological polar surface area (TPSA) is 84.7 Å². The highest BCUT2D eigenvalue weighted by atomic mass is 32.1. The Bertz CT molecular complexity index is 853. The van der Waals surface area contributed by atoms with Crippen LogP contribution in [0.15, 0.2) is 24.3 Å². The van der Waals surface area contributed by atoms with Gasteiger partial charge in [0.05, 0.1) is 16.3 Å². The van der Waals surface area contributed by atoms with Crippen molar-refractivity contribution in [2.75, 3.05) is 5.32 Å². The first kappa shape index (κ1) is 15.1. The van der Waals surface area contributed by atoms with E-state index in [4.69, 9.17) is 0 Å². The van der Waals surface area contributed by atoms with E-state index in [0.29, 0.717) is 5.13 Å². The van der Waals surface area contributed by atoms with Crippen LogP contribution in [-0.4, -0.2) is 25.8 Å². The quantitative estimate of drug-likeness (QED) is 0.766. The van der Waals surface area contributed by atoms with Crippen LogP contribution in [0.1, 0.15) is 37.5 Å². The fraction of sp³-hybridized carbons (Fsp3) is 0.375. The van der Waals surface area contributed by atoms with Crippen molar-refractivity contribution in [3.05, 3.63) is 35.9 Å². The molecule has 0 saturated carbocycles. The number of hydrogen-bond donors (Lipinski definition) is 2. The third-order valence-corrected chi connectivity index (χ3v) is 5.01. The molecule has 2 amide bonds. The maximum absolute atomic E-state index is 12.3. The number of para-hydroxylation sites is 1. The fourth-order valence-electron chi connectivity index (χ4n) is 2.90. The van der Waals surface area contributed by atoms with Gasteiger partial charge in [-0.1, -0.05) is 30.4 Å². The average molecular weight is 342 g/mol. The number of carbonyl (C=O) groups is 1. The van der Waals surface area contributed by atoms with Crippen molar-refractivity contribution in [3.63, 3.8) is 0 Å². The molecule has 1 aromatic carbocycles. The van der Waals surface area contributed by atoms with E-state index in [1.807, 2.05) is 35.9 Å². The van der Waals surface area contributed by atoms with Crippen LogP contribution < -0.4 is 10.6 Å². The Kier molecular flexibility index (Phi) is 3.89. The van der Waals surface area contributed by atoms with E-state index in [1.54, 1.807) is 0 Å². The molecule has 3 heterocycles. The van der Waals surface area contributed by atoms with Gasteiger partial charge >= 0.3 is 6.03 Å². The molecule has 0 bridgehead atoms. The summed E-state index contributed by atoms with van der Waals surface area (Å²) < 4.78 is 2.96. The van der Waals surface area contributed by atoms with E-state index in [2.05, 4.69) is 25.7 Å². The van der Waals surface area contributed by atoms with Crippen LogP contribution in [0, 0.1) is 0 Å². The minimum Gasteiger partial charge on any atom is -0.328 e. The van der Waals surface area contributed by atoms with Gasteiger partial charge in [-0.2, -0.15) is 5.10 Å². The van der Waals surface area contributed by atoms with Gasteiger partial charge in [0.25, 0.3) is 0 Å². The minimum atomic E-state index is -0.256. The first-order valence-electron chi connectivity index (χ1n) is 8.09. The fourth-order valence-corrected chi connectivity index (χ4v) is 3.76. The minimum absolute atomic E-state index is 0.110. The van der Waals surface area contributed by atoms with Gasteiger partial charge < -0.3 is 5.32 Å². The van der Waals surface area contributed by atoms with E-state index in [9.17, 15) is 4.79 Å². The Balaban J connectivity index is 1.47. The number of fused-ring (bicyclic) bond motifs is 2. The van der Waals surface area contributed by atoms with Crippen molar-refractivity contribution in [1.29, 1.82) is 0 Å². The first-order chi connectivity index (χ1) is 11.7. The molecule has 0 saturated heterocycles. The molecule has 1 atom stereocenters. The molecule has 24 heavy (non-hydrogen) atoms. The highest BCUT2D eigenvalue weighted by Crippen LogP contribution is 2.26. The van der Waals surface area contributed by atoms with E-state index >= 15 is 0 Å². The molecule has 124 valence electrons. The second-order valence-electron chi connectivity index (χ2n) is 5.74. The van der Waals surface area contributed by atoms with Crippen LogP contribution in [0.3, 0.4) is 0 Å². The SMILES string of the molecule is CCc1nc2n(n1)CCC[C@H]2NC(=O)Nc1nc2ccccc2s1. The molecule has 0 spiro atoms. The summed E-state index contributed by atoms with van der Waals surface area (Å²) in [5.41, 5.74) is 0.891. The second-order valence-corrected chi connectivity index (χ2v) is 6.77. The lowest BCUT2D eigenvalue weighted by atomic mass is 10.1. The number of amides is 2. The van der Waals surface area contributed by atoms with Crippen molar-refractivity contribution in [2.45, 2.75) is 38.8 Å². The normalized spacial score (nSPS) is 16.8. The smallest absolute Gasteiger partial charge is 0.321 e. The number of aryl methyl sites for hydroxylation is 2. The molecule has 0 unspecified atom stereocenters. The number of carbonyl (C=O) groups excluding carboxylic acids is 1. The largest absolute Gasteiger partial charge is 0.328 e. The van der Waals surface area contributed by atoms with Gasteiger partial charge in [0, 0.05) is 13.0 Å². The Morgan fingerprint density at radius 1 is 1.38 bits per heavy atom. The molecule has 2 N–H and O–H groups in total. The molecule has 1 aliphatic heterocycles. The van der Waals surface area contributed by atoms with E-state index in [1.165, 1.54) is 11.3 Å². The maximum atomic E-state index is 12.3. The van der Waals surface area contributed by atoms with Gasteiger partial charge in [-0.3, -0.25) is 5.32 Å². The van der Waals surface area contributed by atoms with E-state index in [-0.39, 0.29) is 12.1 Å². The molecule has 0 fully saturated rings. The Labute approximate surface area is 143 Å². The van der Waals surface area contributed by atoms with Gasteiger partial charge in [0.15, 0.2) is 11.0 Å². The number of anilines is 1. The summed E-state index contributed by atoms with van der Waals surface area (Å²) >= 11 is 1.46. The summed E-state index contributed by atoms with van der Waals surface area (Å²) in [7, 11) is 0. The zero-order valence-corrected chi connectivity index (χ0v) is 14.1. The standard InChI is InChI=1S/C16H18N6OS/c1-2-13-19-14-11(7-5-9-22(14)21-13)17-15(23)20-16-18-10-6-3-4-8-12(10)24-16/h3-4,6,8,11H,2,5,7,9H2,1H3,(H2,17,18,20,23)/t11-/m1/s1. The number of hydrogen-bond acceptors (Lipinski definition) is 5. The van der Waals surface area contributed by atoms with Crippen molar-refractivity contribution < 1.29 is 4.79 Å². The maximum Gasteiger partial charge on any atom is 0.321 e. The first-order valence-corrected chi connectivity index (χ1v) is 8.91. The second kappa shape index (κ2) is 6.20. The molecule has 0 radical (unpaired) electrons.